The van der Waals surface area contributed by atoms with Crippen molar-refractivity contribution < 1.29 is 8.78 Å². The molecule has 4 nitrogen and oxygen atoms in total. The molecule has 1 heterocycles. The van der Waals surface area contributed by atoms with Crippen LogP contribution in [-0.2, 0) is 13.1 Å². The van der Waals surface area contributed by atoms with Gasteiger partial charge in [-0.1, -0.05) is 5.21 Å². The summed E-state index contributed by atoms with van der Waals surface area (Å²) in [6.07, 6.45) is 4.25. The Morgan fingerprint density at radius 1 is 1.28 bits per heavy atom. The minimum absolute atomic E-state index is 0.320. The molecule has 18 heavy (non-hydrogen) atoms. The van der Waals surface area contributed by atoms with Crippen molar-refractivity contribution in [3.8, 4) is 0 Å². The number of aryl methyl sites for hydroxylation is 1. The number of halogens is 2. The van der Waals surface area contributed by atoms with Gasteiger partial charge in [0.1, 0.15) is 11.6 Å². The van der Waals surface area contributed by atoms with E-state index in [2.05, 4.69) is 15.6 Å². The van der Waals surface area contributed by atoms with Gasteiger partial charge in [-0.25, -0.2) is 8.78 Å². The van der Waals surface area contributed by atoms with Crippen LogP contribution < -0.4 is 5.32 Å². The minimum Gasteiger partial charge on any atom is -0.312 e. The Labute approximate surface area is 104 Å². The molecule has 0 amide bonds. The predicted molar refractivity (Wildman–Crippen MR) is 62.7 cm³/mol. The fraction of sp³-hybridized carbons (Fsp3) is 0.333. The van der Waals surface area contributed by atoms with E-state index in [1.807, 2.05) is 0 Å². The van der Waals surface area contributed by atoms with Gasteiger partial charge in [-0.15, -0.1) is 5.10 Å². The molecule has 1 aromatic carbocycles. The van der Waals surface area contributed by atoms with E-state index in [1.165, 1.54) is 6.07 Å². The molecule has 96 valence electrons. The first-order valence-electron chi connectivity index (χ1n) is 5.74. The summed E-state index contributed by atoms with van der Waals surface area (Å²) in [6, 6.07) is 3.46. The number of hydrogen-bond donors (Lipinski definition) is 1. The number of rotatable bonds is 6. The Bertz CT molecular complexity index is 485. The highest BCUT2D eigenvalue weighted by Crippen LogP contribution is 2.08. The highest BCUT2D eigenvalue weighted by Gasteiger charge is 2.02. The maximum Gasteiger partial charge on any atom is 0.127 e. The number of nitrogens with one attached hydrogen (secondary N) is 1. The summed E-state index contributed by atoms with van der Waals surface area (Å²) in [6.45, 7) is 1.77. The number of aromatic nitrogens is 3. The SMILES string of the molecule is Fc1ccc(F)c(CNCCCn2ccnn2)c1. The van der Waals surface area contributed by atoms with Crippen molar-refractivity contribution >= 4 is 0 Å². The van der Waals surface area contributed by atoms with Gasteiger partial charge >= 0.3 is 0 Å². The lowest BCUT2D eigenvalue weighted by Gasteiger charge is -2.06. The van der Waals surface area contributed by atoms with Gasteiger partial charge in [0.2, 0.25) is 0 Å². The Hall–Kier alpha value is -1.82. The molecule has 0 radical (unpaired) electrons. The fourth-order valence-electron chi connectivity index (χ4n) is 1.62. The van der Waals surface area contributed by atoms with Crippen LogP contribution in [-0.4, -0.2) is 21.5 Å². The molecule has 0 atom stereocenters. The molecule has 2 rings (SSSR count). The normalized spacial score (nSPS) is 10.8. The monoisotopic (exact) mass is 252 g/mol. The summed E-state index contributed by atoms with van der Waals surface area (Å²) >= 11 is 0. The van der Waals surface area contributed by atoms with Gasteiger partial charge in [-0.05, 0) is 31.2 Å². The van der Waals surface area contributed by atoms with E-state index in [1.54, 1.807) is 17.1 Å². The van der Waals surface area contributed by atoms with Crippen molar-refractivity contribution in [2.45, 2.75) is 19.5 Å². The average molecular weight is 252 g/mol. The van der Waals surface area contributed by atoms with E-state index >= 15 is 0 Å². The Morgan fingerprint density at radius 2 is 2.17 bits per heavy atom. The third kappa shape index (κ3) is 3.59. The first-order chi connectivity index (χ1) is 8.75. The average Bonchev–Trinajstić information content (AvgIpc) is 2.86. The summed E-state index contributed by atoms with van der Waals surface area (Å²) in [4.78, 5) is 0. The van der Waals surface area contributed by atoms with Crippen molar-refractivity contribution in [1.82, 2.24) is 20.3 Å². The van der Waals surface area contributed by atoms with Gasteiger partial charge < -0.3 is 5.32 Å². The van der Waals surface area contributed by atoms with Crippen LogP contribution in [0.25, 0.3) is 0 Å². The highest BCUT2D eigenvalue weighted by atomic mass is 19.1. The quantitative estimate of drug-likeness (QED) is 0.796. The van der Waals surface area contributed by atoms with Crippen molar-refractivity contribution in [3.05, 3.63) is 47.8 Å². The molecule has 0 aliphatic heterocycles. The van der Waals surface area contributed by atoms with E-state index in [-0.39, 0.29) is 5.82 Å². The maximum absolute atomic E-state index is 13.3. The van der Waals surface area contributed by atoms with Crippen LogP contribution in [0.3, 0.4) is 0 Å². The topological polar surface area (TPSA) is 42.7 Å². The van der Waals surface area contributed by atoms with Gasteiger partial charge in [0.15, 0.2) is 0 Å². The lowest BCUT2D eigenvalue weighted by molar-refractivity contribution is 0.520. The van der Waals surface area contributed by atoms with Gasteiger partial charge in [0.25, 0.3) is 0 Å². The Balaban J connectivity index is 1.70. The molecule has 1 aromatic heterocycles. The van der Waals surface area contributed by atoms with Gasteiger partial charge in [0, 0.05) is 24.8 Å². The van der Waals surface area contributed by atoms with Crippen LogP contribution in [0, 0.1) is 11.6 Å². The third-order valence-electron chi connectivity index (χ3n) is 2.54. The number of hydrogen-bond acceptors (Lipinski definition) is 3. The predicted octanol–water partition coefficient (Wildman–Crippen LogP) is 1.74. The summed E-state index contributed by atoms with van der Waals surface area (Å²) in [5.74, 6) is -0.809. The zero-order valence-corrected chi connectivity index (χ0v) is 9.81. The summed E-state index contributed by atoms with van der Waals surface area (Å²) < 4.78 is 27.9. The lowest BCUT2D eigenvalue weighted by Crippen LogP contribution is -2.17. The maximum atomic E-state index is 13.3. The molecule has 0 unspecified atom stereocenters. The zero-order chi connectivity index (χ0) is 12.8. The highest BCUT2D eigenvalue weighted by molar-refractivity contribution is 5.18. The van der Waals surface area contributed by atoms with Crippen molar-refractivity contribution in [2.75, 3.05) is 6.54 Å². The fourth-order valence-corrected chi connectivity index (χ4v) is 1.62. The minimum atomic E-state index is -0.421. The molecule has 0 fully saturated rings. The Kier molecular flexibility index (Phi) is 4.35. The second-order valence-corrected chi connectivity index (χ2v) is 3.93. The van der Waals surface area contributed by atoms with Crippen molar-refractivity contribution in [3.63, 3.8) is 0 Å². The standard InChI is InChI=1S/C12H14F2N4/c13-11-2-3-12(14)10(8-11)9-15-4-1-6-18-7-5-16-17-18/h2-3,5,7-8,15H,1,4,6,9H2. The molecule has 6 heteroatoms. The van der Waals surface area contributed by atoms with E-state index in [4.69, 9.17) is 0 Å². The van der Waals surface area contributed by atoms with Gasteiger partial charge in [0.05, 0.1) is 6.20 Å². The first kappa shape index (κ1) is 12.6. The van der Waals surface area contributed by atoms with E-state index in [9.17, 15) is 8.78 Å². The van der Waals surface area contributed by atoms with Gasteiger partial charge in [-0.3, -0.25) is 4.68 Å². The molecule has 2 aromatic rings. The van der Waals surface area contributed by atoms with Crippen LogP contribution >= 0.6 is 0 Å². The molecule has 1 N–H and O–H groups in total. The summed E-state index contributed by atoms with van der Waals surface area (Å²) in [5.41, 5.74) is 0.343. The number of benzene rings is 1. The van der Waals surface area contributed by atoms with E-state index < -0.39 is 5.82 Å². The molecule has 0 aliphatic rings. The summed E-state index contributed by atoms with van der Waals surface area (Å²) in [5, 5.41) is 10.6. The summed E-state index contributed by atoms with van der Waals surface area (Å²) in [7, 11) is 0. The number of nitrogens with zero attached hydrogens (tertiary/aromatic N) is 3. The van der Waals surface area contributed by atoms with Crippen LogP contribution in [0.15, 0.2) is 30.6 Å². The first-order valence-corrected chi connectivity index (χ1v) is 5.74. The van der Waals surface area contributed by atoms with E-state index in [0.29, 0.717) is 18.7 Å². The molecular weight excluding hydrogens is 238 g/mol. The Morgan fingerprint density at radius 3 is 2.94 bits per heavy atom. The van der Waals surface area contributed by atoms with Crippen molar-refractivity contribution in [2.24, 2.45) is 0 Å². The molecule has 0 saturated heterocycles. The smallest absolute Gasteiger partial charge is 0.127 e. The lowest BCUT2D eigenvalue weighted by atomic mass is 10.2. The van der Waals surface area contributed by atoms with Crippen LogP contribution in [0.1, 0.15) is 12.0 Å². The molecule has 0 spiro atoms. The van der Waals surface area contributed by atoms with Gasteiger partial charge in [-0.2, -0.15) is 0 Å². The third-order valence-corrected chi connectivity index (χ3v) is 2.54. The second kappa shape index (κ2) is 6.20. The van der Waals surface area contributed by atoms with Crippen molar-refractivity contribution in [1.29, 1.82) is 0 Å². The van der Waals surface area contributed by atoms with Crippen LogP contribution in [0.5, 0.6) is 0 Å². The van der Waals surface area contributed by atoms with E-state index in [0.717, 1.165) is 25.1 Å². The molecule has 0 aliphatic carbocycles. The van der Waals surface area contributed by atoms with Crippen LogP contribution in [0.4, 0.5) is 8.78 Å². The second-order valence-electron chi connectivity index (χ2n) is 3.93. The molecule has 0 saturated carbocycles. The largest absolute Gasteiger partial charge is 0.312 e. The van der Waals surface area contributed by atoms with Crippen LogP contribution in [0.2, 0.25) is 0 Å². The molecular formula is C12H14F2N4. The zero-order valence-electron chi connectivity index (χ0n) is 9.81. The molecule has 0 bridgehead atoms.